The molecule has 0 N–H and O–H groups in total. The van der Waals surface area contributed by atoms with Crippen LogP contribution < -0.4 is 4.74 Å². The summed E-state index contributed by atoms with van der Waals surface area (Å²) in [5.74, 6) is 0.695. The minimum Gasteiger partial charge on any atom is -0.439 e. The first kappa shape index (κ1) is 12.3. The third-order valence-corrected chi connectivity index (χ3v) is 2.61. The van der Waals surface area contributed by atoms with Gasteiger partial charge < -0.3 is 4.74 Å². The lowest BCUT2D eigenvalue weighted by Gasteiger charge is -2.06. The van der Waals surface area contributed by atoms with E-state index in [1.807, 2.05) is 0 Å². The standard InChI is InChI=1S/C11H7BrClFN2O/c1-6-15-10(12)5-11(16-6)17-7-2-3-8(13)9(14)4-7/h2-5H,1H3. The van der Waals surface area contributed by atoms with Gasteiger partial charge in [-0.2, -0.15) is 4.98 Å². The number of ether oxygens (including phenoxy) is 1. The Morgan fingerprint density at radius 2 is 2.06 bits per heavy atom. The number of nitrogens with zero attached hydrogens (tertiary/aromatic N) is 2. The largest absolute Gasteiger partial charge is 0.439 e. The topological polar surface area (TPSA) is 35.0 Å². The van der Waals surface area contributed by atoms with E-state index in [0.29, 0.717) is 22.1 Å². The molecule has 0 atom stereocenters. The van der Waals surface area contributed by atoms with Crippen molar-refractivity contribution in [1.29, 1.82) is 0 Å². The Morgan fingerprint density at radius 3 is 2.71 bits per heavy atom. The first-order valence-corrected chi connectivity index (χ1v) is 5.86. The Balaban J connectivity index is 2.28. The van der Waals surface area contributed by atoms with Crippen molar-refractivity contribution in [1.82, 2.24) is 9.97 Å². The van der Waals surface area contributed by atoms with Crippen LogP contribution in [0.4, 0.5) is 4.39 Å². The van der Waals surface area contributed by atoms with Crippen LogP contribution in [0.5, 0.6) is 11.6 Å². The fraction of sp³-hybridized carbons (Fsp3) is 0.0909. The van der Waals surface area contributed by atoms with E-state index in [2.05, 4.69) is 25.9 Å². The van der Waals surface area contributed by atoms with E-state index in [9.17, 15) is 4.39 Å². The van der Waals surface area contributed by atoms with Gasteiger partial charge in [-0.3, -0.25) is 0 Å². The third-order valence-electron chi connectivity index (χ3n) is 1.90. The second-order valence-electron chi connectivity index (χ2n) is 3.25. The van der Waals surface area contributed by atoms with Crippen molar-refractivity contribution >= 4 is 27.5 Å². The summed E-state index contributed by atoms with van der Waals surface area (Å²) in [6.07, 6.45) is 0. The van der Waals surface area contributed by atoms with Crippen molar-refractivity contribution < 1.29 is 9.13 Å². The van der Waals surface area contributed by atoms with Gasteiger partial charge in [0.2, 0.25) is 5.88 Å². The minimum atomic E-state index is -0.533. The first-order chi connectivity index (χ1) is 8.04. The van der Waals surface area contributed by atoms with Gasteiger partial charge in [-0.25, -0.2) is 9.37 Å². The zero-order valence-electron chi connectivity index (χ0n) is 8.75. The lowest BCUT2D eigenvalue weighted by atomic mass is 10.3. The molecule has 1 aromatic heterocycles. The van der Waals surface area contributed by atoms with Crippen molar-refractivity contribution in [2.24, 2.45) is 0 Å². The van der Waals surface area contributed by atoms with Gasteiger partial charge >= 0.3 is 0 Å². The molecule has 88 valence electrons. The molecule has 0 aliphatic carbocycles. The third kappa shape index (κ3) is 3.14. The van der Waals surface area contributed by atoms with Crippen molar-refractivity contribution in [3.8, 4) is 11.6 Å². The monoisotopic (exact) mass is 316 g/mol. The van der Waals surface area contributed by atoms with Crippen LogP contribution in [-0.4, -0.2) is 9.97 Å². The molecule has 0 saturated heterocycles. The fourth-order valence-corrected chi connectivity index (χ4v) is 1.79. The van der Waals surface area contributed by atoms with E-state index in [1.165, 1.54) is 12.1 Å². The van der Waals surface area contributed by atoms with Gasteiger partial charge in [0.25, 0.3) is 0 Å². The van der Waals surface area contributed by atoms with Crippen LogP contribution in [0.3, 0.4) is 0 Å². The summed E-state index contributed by atoms with van der Waals surface area (Å²) in [5.41, 5.74) is 0. The summed E-state index contributed by atoms with van der Waals surface area (Å²) in [7, 11) is 0. The molecule has 6 heteroatoms. The summed E-state index contributed by atoms with van der Waals surface area (Å²) < 4.78 is 19.2. The second-order valence-corrected chi connectivity index (χ2v) is 4.47. The molecule has 0 saturated carbocycles. The van der Waals surface area contributed by atoms with Gasteiger partial charge in [0.1, 0.15) is 22.0 Å². The molecule has 0 bridgehead atoms. The van der Waals surface area contributed by atoms with E-state index in [0.717, 1.165) is 0 Å². The van der Waals surface area contributed by atoms with Crippen LogP contribution in [-0.2, 0) is 0 Å². The molecule has 0 aliphatic rings. The Labute approximate surface area is 111 Å². The van der Waals surface area contributed by atoms with Crippen molar-refractivity contribution in [2.45, 2.75) is 6.92 Å². The molecule has 3 nitrogen and oxygen atoms in total. The van der Waals surface area contributed by atoms with Gasteiger partial charge in [0.05, 0.1) is 5.02 Å². The number of hydrogen-bond acceptors (Lipinski definition) is 3. The van der Waals surface area contributed by atoms with Gasteiger partial charge in [-0.15, -0.1) is 0 Å². The van der Waals surface area contributed by atoms with Crippen molar-refractivity contribution in [3.63, 3.8) is 0 Å². The highest BCUT2D eigenvalue weighted by molar-refractivity contribution is 9.10. The quantitative estimate of drug-likeness (QED) is 0.781. The predicted octanol–water partition coefficient (Wildman–Crippen LogP) is 4.13. The highest BCUT2D eigenvalue weighted by Crippen LogP contribution is 2.25. The molecule has 0 amide bonds. The molecule has 2 aromatic rings. The number of benzene rings is 1. The van der Waals surface area contributed by atoms with Gasteiger partial charge in [-0.1, -0.05) is 11.6 Å². The molecule has 2 rings (SSSR count). The molecular weight excluding hydrogens is 310 g/mol. The average Bonchev–Trinajstić information content (AvgIpc) is 2.22. The molecule has 0 unspecified atom stereocenters. The Morgan fingerprint density at radius 1 is 1.29 bits per heavy atom. The number of aryl methyl sites for hydroxylation is 1. The number of hydrogen-bond donors (Lipinski definition) is 0. The van der Waals surface area contributed by atoms with Crippen LogP contribution in [0.1, 0.15) is 5.82 Å². The second kappa shape index (κ2) is 4.98. The fourth-order valence-electron chi connectivity index (χ4n) is 1.22. The maximum atomic E-state index is 13.2. The van der Waals surface area contributed by atoms with E-state index < -0.39 is 5.82 Å². The van der Waals surface area contributed by atoms with E-state index in [1.54, 1.807) is 19.1 Å². The highest BCUT2D eigenvalue weighted by atomic mass is 79.9. The summed E-state index contributed by atoms with van der Waals surface area (Å²) >= 11 is 8.80. The summed E-state index contributed by atoms with van der Waals surface area (Å²) in [6, 6.07) is 5.79. The number of halogens is 3. The SMILES string of the molecule is Cc1nc(Br)cc(Oc2ccc(Cl)c(F)c2)n1. The smallest absolute Gasteiger partial charge is 0.223 e. The Bertz CT molecular complexity index is 545. The lowest BCUT2D eigenvalue weighted by molar-refractivity contribution is 0.454. The first-order valence-electron chi connectivity index (χ1n) is 4.69. The molecule has 0 spiro atoms. The molecule has 0 aliphatic heterocycles. The summed E-state index contributed by atoms with van der Waals surface area (Å²) in [6.45, 7) is 1.74. The zero-order chi connectivity index (χ0) is 12.4. The van der Waals surface area contributed by atoms with Crippen LogP contribution in [0, 0.1) is 12.7 Å². The lowest BCUT2D eigenvalue weighted by Crippen LogP contribution is -1.93. The maximum Gasteiger partial charge on any atom is 0.223 e. The van der Waals surface area contributed by atoms with Crippen LogP contribution >= 0.6 is 27.5 Å². The number of rotatable bonds is 2. The van der Waals surface area contributed by atoms with Crippen LogP contribution in [0.25, 0.3) is 0 Å². The van der Waals surface area contributed by atoms with Gasteiger partial charge in [0.15, 0.2) is 0 Å². The highest BCUT2D eigenvalue weighted by Gasteiger charge is 2.05. The van der Waals surface area contributed by atoms with Crippen LogP contribution in [0.2, 0.25) is 5.02 Å². The van der Waals surface area contributed by atoms with Gasteiger partial charge in [-0.05, 0) is 35.0 Å². The molecule has 0 fully saturated rings. The maximum absolute atomic E-state index is 13.2. The Hall–Kier alpha value is -1.20. The molecular formula is C11H7BrClFN2O. The van der Waals surface area contributed by atoms with E-state index in [4.69, 9.17) is 16.3 Å². The van der Waals surface area contributed by atoms with Crippen LogP contribution in [0.15, 0.2) is 28.9 Å². The predicted molar refractivity (Wildman–Crippen MR) is 66.0 cm³/mol. The normalized spacial score (nSPS) is 10.4. The molecule has 17 heavy (non-hydrogen) atoms. The number of aromatic nitrogens is 2. The van der Waals surface area contributed by atoms with Crippen molar-refractivity contribution in [3.05, 3.63) is 45.5 Å². The molecule has 1 heterocycles. The zero-order valence-corrected chi connectivity index (χ0v) is 11.1. The average molecular weight is 318 g/mol. The Kier molecular flexibility index (Phi) is 3.59. The summed E-state index contributed by atoms with van der Waals surface area (Å²) in [4.78, 5) is 8.10. The van der Waals surface area contributed by atoms with Crippen molar-refractivity contribution in [2.75, 3.05) is 0 Å². The molecule has 0 radical (unpaired) electrons. The minimum absolute atomic E-state index is 0.0531. The van der Waals surface area contributed by atoms with E-state index >= 15 is 0 Å². The molecule has 1 aromatic carbocycles. The summed E-state index contributed by atoms with van der Waals surface area (Å²) in [5, 5.41) is 0.0531. The van der Waals surface area contributed by atoms with E-state index in [-0.39, 0.29) is 5.02 Å². The van der Waals surface area contributed by atoms with Gasteiger partial charge in [0, 0.05) is 12.1 Å².